The fourth-order valence-corrected chi connectivity index (χ4v) is 2.87. The van der Waals surface area contributed by atoms with E-state index in [-0.39, 0.29) is 5.57 Å². The van der Waals surface area contributed by atoms with Gasteiger partial charge in [0.1, 0.15) is 5.57 Å². The van der Waals surface area contributed by atoms with Crippen molar-refractivity contribution in [2.75, 3.05) is 18.6 Å². The molecule has 0 saturated carbocycles. The van der Waals surface area contributed by atoms with E-state index in [9.17, 15) is 14.4 Å². The third kappa shape index (κ3) is 3.73. The minimum absolute atomic E-state index is 0.146. The van der Waals surface area contributed by atoms with Gasteiger partial charge in [-0.25, -0.2) is 9.69 Å². The number of hydrogen-bond acceptors (Lipinski definition) is 5. The summed E-state index contributed by atoms with van der Waals surface area (Å²) in [7, 11) is 1.51. The summed E-state index contributed by atoms with van der Waals surface area (Å²) in [4.78, 5) is 38.4. The van der Waals surface area contributed by atoms with E-state index < -0.39 is 17.8 Å². The fourth-order valence-electron chi connectivity index (χ4n) is 2.87. The van der Waals surface area contributed by atoms with Crippen LogP contribution in [0.25, 0.3) is 6.08 Å². The van der Waals surface area contributed by atoms with Crippen LogP contribution in [0.2, 0.25) is 0 Å². The first kappa shape index (κ1) is 19.2. The Hall–Kier alpha value is -3.61. The maximum atomic E-state index is 12.9. The number of rotatable bonds is 5. The molecule has 2 aromatic carbocycles. The summed E-state index contributed by atoms with van der Waals surface area (Å²) < 4.78 is 10.8. The molecule has 0 bridgehead atoms. The molecule has 0 aliphatic carbocycles. The second kappa shape index (κ2) is 7.96. The third-order valence-corrected chi connectivity index (χ3v) is 4.16. The summed E-state index contributed by atoms with van der Waals surface area (Å²) in [5.74, 6) is -0.395. The Kier molecular flexibility index (Phi) is 5.44. The second-order valence-electron chi connectivity index (χ2n) is 6.14. The molecule has 1 aliphatic rings. The van der Waals surface area contributed by atoms with Crippen LogP contribution < -0.4 is 19.7 Å². The molecule has 0 unspecified atom stereocenters. The first-order chi connectivity index (χ1) is 13.4. The quantitative estimate of drug-likeness (QED) is 0.637. The van der Waals surface area contributed by atoms with E-state index in [0.29, 0.717) is 29.4 Å². The van der Waals surface area contributed by atoms with Crippen LogP contribution in [0.3, 0.4) is 0 Å². The van der Waals surface area contributed by atoms with Gasteiger partial charge in [0.05, 0.1) is 19.4 Å². The number of carbonyl (C=O) groups excluding carboxylic acids is 3. The predicted molar refractivity (Wildman–Crippen MR) is 104 cm³/mol. The van der Waals surface area contributed by atoms with E-state index in [1.807, 2.05) is 19.9 Å². The Balaban J connectivity index is 1.99. The molecular weight excluding hydrogens is 360 g/mol. The lowest BCUT2D eigenvalue weighted by Gasteiger charge is -2.26. The summed E-state index contributed by atoms with van der Waals surface area (Å²) in [5, 5.41) is 2.21. The number of aryl methyl sites for hydroxylation is 1. The van der Waals surface area contributed by atoms with Gasteiger partial charge >= 0.3 is 6.03 Å². The SMILES string of the molecule is CCOc1ccc(/C=C2\C(=O)NC(=O)N(c3cccc(C)c3)C2=O)cc1OC. The molecule has 0 spiro atoms. The van der Waals surface area contributed by atoms with Crippen molar-refractivity contribution >= 4 is 29.6 Å². The molecule has 1 aliphatic heterocycles. The molecule has 1 saturated heterocycles. The van der Waals surface area contributed by atoms with Crippen LogP contribution in [0, 0.1) is 6.92 Å². The van der Waals surface area contributed by atoms with Crippen molar-refractivity contribution < 1.29 is 23.9 Å². The van der Waals surface area contributed by atoms with E-state index in [4.69, 9.17) is 9.47 Å². The molecule has 28 heavy (non-hydrogen) atoms. The summed E-state index contributed by atoms with van der Waals surface area (Å²) in [6.45, 7) is 4.19. The lowest BCUT2D eigenvalue weighted by Crippen LogP contribution is -2.54. The monoisotopic (exact) mass is 380 g/mol. The van der Waals surface area contributed by atoms with Gasteiger partial charge in [-0.3, -0.25) is 14.9 Å². The van der Waals surface area contributed by atoms with E-state index >= 15 is 0 Å². The first-order valence-corrected chi connectivity index (χ1v) is 8.73. The number of nitrogens with one attached hydrogen (secondary N) is 1. The highest BCUT2D eigenvalue weighted by molar-refractivity contribution is 6.39. The summed E-state index contributed by atoms with van der Waals surface area (Å²) in [5.41, 5.74) is 1.70. The van der Waals surface area contributed by atoms with Gasteiger partial charge in [-0.2, -0.15) is 0 Å². The van der Waals surface area contributed by atoms with Gasteiger partial charge in [0.15, 0.2) is 11.5 Å². The van der Waals surface area contributed by atoms with Gasteiger partial charge < -0.3 is 9.47 Å². The van der Waals surface area contributed by atoms with Crippen LogP contribution in [0.4, 0.5) is 10.5 Å². The molecule has 3 rings (SSSR count). The van der Waals surface area contributed by atoms with Crippen LogP contribution in [0.5, 0.6) is 11.5 Å². The first-order valence-electron chi connectivity index (χ1n) is 8.73. The highest BCUT2D eigenvalue weighted by Crippen LogP contribution is 2.30. The van der Waals surface area contributed by atoms with Gasteiger partial charge in [0, 0.05) is 0 Å². The Morgan fingerprint density at radius 3 is 2.54 bits per heavy atom. The number of imide groups is 2. The molecule has 1 fully saturated rings. The number of benzene rings is 2. The average Bonchev–Trinajstić information content (AvgIpc) is 2.66. The largest absolute Gasteiger partial charge is 0.493 e. The number of amides is 4. The van der Waals surface area contributed by atoms with Crippen molar-refractivity contribution in [2.45, 2.75) is 13.8 Å². The zero-order valence-electron chi connectivity index (χ0n) is 15.8. The molecule has 1 heterocycles. The zero-order chi connectivity index (χ0) is 20.3. The van der Waals surface area contributed by atoms with Crippen molar-refractivity contribution in [1.82, 2.24) is 5.32 Å². The minimum atomic E-state index is -0.776. The van der Waals surface area contributed by atoms with Crippen LogP contribution in [-0.4, -0.2) is 31.6 Å². The van der Waals surface area contributed by atoms with Crippen molar-refractivity contribution in [2.24, 2.45) is 0 Å². The maximum Gasteiger partial charge on any atom is 0.335 e. The average molecular weight is 380 g/mol. The second-order valence-corrected chi connectivity index (χ2v) is 6.14. The standard InChI is InChI=1S/C21H20N2O5/c1-4-28-17-9-8-14(12-18(17)27-3)11-16-19(24)22-21(26)23(20(16)25)15-7-5-6-13(2)10-15/h5-12H,4H2,1-3H3,(H,22,24,26)/b16-11+. The number of barbiturate groups is 1. The molecular formula is C21H20N2O5. The van der Waals surface area contributed by atoms with Gasteiger partial charge in [0.2, 0.25) is 0 Å². The van der Waals surface area contributed by atoms with Crippen LogP contribution in [-0.2, 0) is 9.59 Å². The molecule has 0 radical (unpaired) electrons. The fraction of sp³-hybridized carbons (Fsp3) is 0.190. The Labute approximate surface area is 162 Å². The Bertz CT molecular complexity index is 981. The minimum Gasteiger partial charge on any atom is -0.493 e. The summed E-state index contributed by atoms with van der Waals surface area (Å²) >= 11 is 0. The Morgan fingerprint density at radius 2 is 1.86 bits per heavy atom. The highest BCUT2D eigenvalue weighted by Gasteiger charge is 2.36. The van der Waals surface area contributed by atoms with Gasteiger partial charge in [-0.05, 0) is 55.3 Å². The van der Waals surface area contributed by atoms with Crippen LogP contribution in [0.1, 0.15) is 18.1 Å². The maximum absolute atomic E-state index is 12.9. The van der Waals surface area contributed by atoms with Crippen molar-refractivity contribution in [3.63, 3.8) is 0 Å². The highest BCUT2D eigenvalue weighted by atomic mass is 16.5. The Morgan fingerprint density at radius 1 is 1.07 bits per heavy atom. The normalized spacial score (nSPS) is 15.6. The summed E-state index contributed by atoms with van der Waals surface area (Å²) in [6.07, 6.45) is 1.42. The molecule has 1 N–H and O–H groups in total. The molecule has 7 heteroatoms. The van der Waals surface area contributed by atoms with E-state index in [0.717, 1.165) is 10.5 Å². The molecule has 4 amide bonds. The number of ether oxygens (including phenoxy) is 2. The van der Waals surface area contributed by atoms with Crippen molar-refractivity contribution in [3.05, 3.63) is 59.2 Å². The topological polar surface area (TPSA) is 84.9 Å². The molecule has 0 aromatic heterocycles. The van der Waals surface area contributed by atoms with Gasteiger partial charge in [-0.1, -0.05) is 18.2 Å². The van der Waals surface area contributed by atoms with E-state index in [1.54, 1.807) is 36.4 Å². The van der Waals surface area contributed by atoms with Crippen molar-refractivity contribution in [1.29, 1.82) is 0 Å². The third-order valence-electron chi connectivity index (χ3n) is 4.16. The van der Waals surface area contributed by atoms with E-state index in [2.05, 4.69) is 5.32 Å². The lowest BCUT2D eigenvalue weighted by molar-refractivity contribution is -0.122. The zero-order valence-corrected chi connectivity index (χ0v) is 15.8. The number of anilines is 1. The van der Waals surface area contributed by atoms with Gasteiger partial charge in [-0.15, -0.1) is 0 Å². The van der Waals surface area contributed by atoms with Crippen LogP contribution in [0.15, 0.2) is 48.0 Å². The summed E-state index contributed by atoms with van der Waals surface area (Å²) in [6, 6.07) is 11.2. The lowest BCUT2D eigenvalue weighted by atomic mass is 10.1. The number of hydrogen-bond donors (Lipinski definition) is 1. The molecule has 0 atom stereocenters. The number of urea groups is 1. The van der Waals surface area contributed by atoms with Crippen LogP contribution >= 0.6 is 0 Å². The predicted octanol–water partition coefficient (Wildman–Crippen LogP) is 3.07. The number of methoxy groups -OCH3 is 1. The molecule has 144 valence electrons. The van der Waals surface area contributed by atoms with Gasteiger partial charge in [0.25, 0.3) is 11.8 Å². The number of nitrogens with zero attached hydrogens (tertiary/aromatic N) is 1. The molecule has 2 aromatic rings. The number of carbonyl (C=O) groups is 3. The van der Waals surface area contributed by atoms with E-state index in [1.165, 1.54) is 13.2 Å². The molecule has 7 nitrogen and oxygen atoms in total. The smallest absolute Gasteiger partial charge is 0.335 e. The van der Waals surface area contributed by atoms with Crippen molar-refractivity contribution in [3.8, 4) is 11.5 Å².